The van der Waals surface area contributed by atoms with Crippen LogP contribution in [0.5, 0.6) is 5.75 Å². The van der Waals surface area contributed by atoms with Gasteiger partial charge in [-0.1, -0.05) is 17.7 Å². The smallest absolute Gasteiger partial charge is 0.238 e. The molecule has 0 saturated heterocycles. The molecule has 0 amide bonds. The predicted molar refractivity (Wildman–Crippen MR) is 91.1 cm³/mol. The summed E-state index contributed by atoms with van der Waals surface area (Å²) in [7, 11) is 0. The Morgan fingerprint density at radius 3 is 2.79 bits per heavy atom. The summed E-state index contributed by atoms with van der Waals surface area (Å²) in [6, 6.07) is 11.1. The second kappa shape index (κ2) is 7.31. The van der Waals surface area contributed by atoms with Gasteiger partial charge in [0.05, 0.1) is 10.7 Å². The predicted octanol–water partition coefficient (Wildman–Crippen LogP) is 4.18. The van der Waals surface area contributed by atoms with E-state index in [4.69, 9.17) is 20.8 Å². The number of aryl methyl sites for hydroxylation is 1. The highest BCUT2D eigenvalue weighted by Gasteiger charge is 2.13. The highest BCUT2D eigenvalue weighted by molar-refractivity contribution is 6.32. The zero-order valence-electron chi connectivity index (χ0n) is 13.4. The summed E-state index contributed by atoms with van der Waals surface area (Å²) < 4.78 is 11.1. The fourth-order valence-corrected chi connectivity index (χ4v) is 2.38. The van der Waals surface area contributed by atoms with Crippen LogP contribution < -0.4 is 10.1 Å². The van der Waals surface area contributed by atoms with Gasteiger partial charge in [0, 0.05) is 18.8 Å². The number of nitrogens with one attached hydrogen (secondary N) is 1. The first-order chi connectivity index (χ1) is 11.6. The Morgan fingerprint density at radius 1 is 1.25 bits per heavy atom. The molecule has 0 unspecified atom stereocenters. The molecule has 7 heteroatoms. The van der Waals surface area contributed by atoms with Crippen molar-refractivity contribution in [3.05, 3.63) is 65.1 Å². The lowest BCUT2D eigenvalue weighted by Gasteiger charge is -2.13. The Morgan fingerprint density at radius 2 is 2.12 bits per heavy atom. The topological polar surface area (TPSA) is 73.1 Å². The summed E-state index contributed by atoms with van der Waals surface area (Å²) in [5.74, 6) is 1.67. The standard InChI is InChI=1S/C17H17ClN4O2/c1-11(17-22-21-12(2)24-17)20-13-6-7-16(15(18)9-13)23-10-14-5-3-4-8-19-14/h3-9,11,20H,10H2,1-2H3/t11-/m1/s1. The summed E-state index contributed by atoms with van der Waals surface area (Å²) in [6.45, 7) is 4.06. The first-order valence-corrected chi connectivity index (χ1v) is 7.88. The van der Waals surface area contributed by atoms with E-state index in [-0.39, 0.29) is 6.04 Å². The normalized spacial score (nSPS) is 12.0. The molecule has 0 fully saturated rings. The summed E-state index contributed by atoms with van der Waals surface area (Å²) in [5.41, 5.74) is 1.68. The largest absolute Gasteiger partial charge is 0.486 e. The maximum absolute atomic E-state index is 6.29. The van der Waals surface area contributed by atoms with Crippen LogP contribution in [0, 0.1) is 6.92 Å². The minimum absolute atomic E-state index is 0.123. The van der Waals surface area contributed by atoms with Crippen molar-refractivity contribution in [3.63, 3.8) is 0 Å². The molecule has 6 nitrogen and oxygen atoms in total. The van der Waals surface area contributed by atoms with Crippen molar-refractivity contribution >= 4 is 17.3 Å². The minimum Gasteiger partial charge on any atom is -0.486 e. The molecule has 1 aromatic carbocycles. The lowest BCUT2D eigenvalue weighted by Crippen LogP contribution is -2.07. The Balaban J connectivity index is 1.64. The third kappa shape index (κ3) is 4.02. The van der Waals surface area contributed by atoms with Gasteiger partial charge in [-0.05, 0) is 37.3 Å². The summed E-state index contributed by atoms with van der Waals surface area (Å²) in [6.07, 6.45) is 1.73. The lowest BCUT2D eigenvalue weighted by molar-refractivity contribution is 0.301. The number of rotatable bonds is 6. The van der Waals surface area contributed by atoms with E-state index in [2.05, 4.69) is 20.5 Å². The molecule has 3 rings (SSSR count). The Bertz CT molecular complexity index is 807. The van der Waals surface area contributed by atoms with Crippen LogP contribution in [-0.2, 0) is 6.61 Å². The van der Waals surface area contributed by atoms with E-state index in [1.807, 2.05) is 37.3 Å². The average molecular weight is 345 g/mol. The summed E-state index contributed by atoms with van der Waals surface area (Å²) in [4.78, 5) is 4.21. The molecular weight excluding hydrogens is 328 g/mol. The van der Waals surface area contributed by atoms with E-state index in [1.54, 1.807) is 19.2 Å². The maximum atomic E-state index is 6.29. The van der Waals surface area contributed by atoms with Crippen LogP contribution >= 0.6 is 11.6 Å². The van der Waals surface area contributed by atoms with Crippen molar-refractivity contribution in [2.45, 2.75) is 26.5 Å². The van der Waals surface area contributed by atoms with Crippen LogP contribution in [0.2, 0.25) is 5.02 Å². The third-order valence-electron chi connectivity index (χ3n) is 3.33. The molecule has 0 aliphatic heterocycles. The quantitative estimate of drug-likeness (QED) is 0.723. The number of hydrogen-bond acceptors (Lipinski definition) is 6. The lowest BCUT2D eigenvalue weighted by atomic mass is 10.2. The van der Waals surface area contributed by atoms with Crippen molar-refractivity contribution in [2.75, 3.05) is 5.32 Å². The molecule has 1 atom stereocenters. The Labute approximate surface area is 144 Å². The van der Waals surface area contributed by atoms with E-state index in [0.717, 1.165) is 11.4 Å². The molecule has 0 radical (unpaired) electrons. The number of nitrogens with zero attached hydrogens (tertiary/aromatic N) is 3. The number of benzene rings is 1. The molecule has 24 heavy (non-hydrogen) atoms. The van der Waals surface area contributed by atoms with Crippen LogP contribution in [0.15, 0.2) is 47.0 Å². The van der Waals surface area contributed by atoms with Gasteiger partial charge >= 0.3 is 0 Å². The van der Waals surface area contributed by atoms with Crippen LogP contribution in [0.3, 0.4) is 0 Å². The first kappa shape index (κ1) is 16.3. The van der Waals surface area contributed by atoms with Gasteiger partial charge in [-0.25, -0.2) is 0 Å². The minimum atomic E-state index is -0.123. The molecule has 2 aromatic heterocycles. The Kier molecular flexibility index (Phi) is 4.96. The van der Waals surface area contributed by atoms with Crippen LogP contribution in [-0.4, -0.2) is 15.2 Å². The molecule has 0 saturated carbocycles. The average Bonchev–Trinajstić information content (AvgIpc) is 3.02. The van der Waals surface area contributed by atoms with Crippen LogP contribution in [0.1, 0.15) is 30.4 Å². The number of ether oxygens (including phenoxy) is 1. The third-order valence-corrected chi connectivity index (χ3v) is 3.62. The van der Waals surface area contributed by atoms with Gasteiger partial charge in [0.25, 0.3) is 0 Å². The molecule has 124 valence electrons. The van der Waals surface area contributed by atoms with Crippen molar-refractivity contribution in [1.29, 1.82) is 0 Å². The van der Waals surface area contributed by atoms with Crippen molar-refractivity contribution in [1.82, 2.24) is 15.2 Å². The van der Waals surface area contributed by atoms with Crippen LogP contribution in [0.25, 0.3) is 0 Å². The zero-order valence-corrected chi connectivity index (χ0v) is 14.1. The monoisotopic (exact) mass is 344 g/mol. The number of hydrogen-bond donors (Lipinski definition) is 1. The second-order valence-corrected chi connectivity index (χ2v) is 5.69. The van der Waals surface area contributed by atoms with Gasteiger partial charge < -0.3 is 14.5 Å². The SMILES string of the molecule is Cc1nnc([C@@H](C)Nc2ccc(OCc3ccccn3)c(Cl)c2)o1. The molecular formula is C17H17ClN4O2. The van der Waals surface area contributed by atoms with Gasteiger partial charge in [-0.3, -0.25) is 4.98 Å². The van der Waals surface area contributed by atoms with E-state index in [0.29, 0.717) is 29.2 Å². The van der Waals surface area contributed by atoms with Gasteiger partial charge in [0.15, 0.2) is 0 Å². The summed E-state index contributed by atoms with van der Waals surface area (Å²) in [5, 5.41) is 11.6. The number of anilines is 1. The van der Waals surface area contributed by atoms with Gasteiger partial charge in [-0.15, -0.1) is 10.2 Å². The van der Waals surface area contributed by atoms with Crippen molar-refractivity contribution in [3.8, 4) is 5.75 Å². The molecule has 1 N–H and O–H groups in total. The molecule has 3 aromatic rings. The molecule has 0 bridgehead atoms. The highest BCUT2D eigenvalue weighted by Crippen LogP contribution is 2.29. The molecule has 0 spiro atoms. The summed E-state index contributed by atoms with van der Waals surface area (Å²) >= 11 is 6.29. The van der Waals surface area contributed by atoms with E-state index in [9.17, 15) is 0 Å². The fraction of sp³-hybridized carbons (Fsp3) is 0.235. The number of aromatic nitrogens is 3. The fourth-order valence-electron chi connectivity index (χ4n) is 2.14. The molecule has 0 aliphatic carbocycles. The van der Waals surface area contributed by atoms with E-state index >= 15 is 0 Å². The van der Waals surface area contributed by atoms with E-state index in [1.165, 1.54) is 0 Å². The van der Waals surface area contributed by atoms with Crippen molar-refractivity contribution in [2.24, 2.45) is 0 Å². The van der Waals surface area contributed by atoms with Gasteiger partial charge in [-0.2, -0.15) is 0 Å². The first-order valence-electron chi connectivity index (χ1n) is 7.50. The van der Waals surface area contributed by atoms with Crippen LogP contribution in [0.4, 0.5) is 5.69 Å². The maximum Gasteiger partial charge on any atom is 0.238 e. The van der Waals surface area contributed by atoms with Gasteiger partial charge in [0.2, 0.25) is 11.8 Å². The number of halogens is 1. The van der Waals surface area contributed by atoms with E-state index < -0.39 is 0 Å². The van der Waals surface area contributed by atoms with Crippen molar-refractivity contribution < 1.29 is 9.15 Å². The molecule has 0 aliphatic rings. The number of pyridine rings is 1. The Hall–Kier alpha value is -2.60. The highest BCUT2D eigenvalue weighted by atomic mass is 35.5. The molecule has 2 heterocycles. The zero-order chi connectivity index (χ0) is 16.9. The van der Waals surface area contributed by atoms with Gasteiger partial charge in [0.1, 0.15) is 18.4 Å². The second-order valence-electron chi connectivity index (χ2n) is 5.28.